The molecule has 2 heterocycles. The van der Waals surface area contributed by atoms with E-state index in [0.717, 1.165) is 29.9 Å². The van der Waals surface area contributed by atoms with Gasteiger partial charge in [0.25, 0.3) is 11.5 Å². The fourth-order valence-corrected chi connectivity index (χ4v) is 7.38. The van der Waals surface area contributed by atoms with E-state index in [0.29, 0.717) is 5.56 Å². The molecule has 5 aliphatic rings. The summed E-state index contributed by atoms with van der Waals surface area (Å²) in [6.07, 6.45) is 1.24. The number of pyridine rings is 1. The number of amides is 1. The number of nitrogens with one attached hydrogen (secondary N) is 1. The zero-order valence-corrected chi connectivity index (χ0v) is 24.0. The molecule has 220 valence electrons. The molecule has 1 spiro atoms. The number of nitrogens with zero attached hydrogens (tertiary/aromatic N) is 2. The van der Waals surface area contributed by atoms with Crippen LogP contribution in [-0.4, -0.2) is 54.6 Å². The number of aliphatic hydroxyl groups is 2. The van der Waals surface area contributed by atoms with Crippen LogP contribution in [0.4, 0.5) is 0 Å². The number of aliphatic hydroxyl groups excluding tert-OH is 2. The van der Waals surface area contributed by atoms with Gasteiger partial charge in [0.15, 0.2) is 15.5 Å². The van der Waals surface area contributed by atoms with Gasteiger partial charge in [-0.05, 0) is 29.9 Å². The van der Waals surface area contributed by atoms with Crippen molar-refractivity contribution in [1.82, 2.24) is 9.99 Å². The van der Waals surface area contributed by atoms with Crippen LogP contribution in [0.5, 0.6) is 11.5 Å². The minimum absolute atomic E-state index is 0.0988. The number of aromatic amines is 1. The van der Waals surface area contributed by atoms with E-state index in [-0.39, 0.29) is 50.9 Å². The van der Waals surface area contributed by atoms with E-state index in [2.05, 4.69) is 10.1 Å². The first-order valence-electron chi connectivity index (χ1n) is 12.9. The number of aryl methyl sites for hydroxylation is 1. The van der Waals surface area contributed by atoms with E-state index in [1.807, 2.05) is 0 Å². The Kier molecular flexibility index (Phi) is 5.77. The number of aromatic nitrogens is 1. The molecular weight excluding hydrogens is 614 g/mol. The van der Waals surface area contributed by atoms with Gasteiger partial charge < -0.3 is 25.0 Å². The van der Waals surface area contributed by atoms with Crippen molar-refractivity contribution in [3.8, 4) is 11.5 Å². The second kappa shape index (κ2) is 9.17. The number of phenols is 1. The number of thioether (sulfide) groups is 1. The first-order chi connectivity index (χ1) is 20.9. The average Bonchev–Trinajstić information content (AvgIpc) is 3.60. The predicted molar refractivity (Wildman–Crippen MR) is 163 cm³/mol. The second-order valence-electron chi connectivity index (χ2n) is 10.4. The molecule has 7 rings (SSSR count). The molecule has 44 heavy (non-hydrogen) atoms. The third kappa shape index (κ3) is 3.35. The van der Waals surface area contributed by atoms with Gasteiger partial charge in [-0.2, -0.15) is 10.1 Å². The Labute approximate surface area is 252 Å². The lowest BCUT2D eigenvalue weighted by atomic mass is 9.78. The summed E-state index contributed by atoms with van der Waals surface area (Å²) in [4.78, 5) is 80.6. The van der Waals surface area contributed by atoms with Crippen LogP contribution in [0.3, 0.4) is 0 Å². The minimum Gasteiger partial charge on any atom is -0.510 e. The molecule has 1 amide bonds. The number of thiocarbonyl (C=S) groups is 1. The maximum Gasteiger partial charge on any atom is 0.260 e. The molecule has 1 atom stereocenters. The summed E-state index contributed by atoms with van der Waals surface area (Å²) in [6, 6.07) is 3.82. The molecule has 0 radical (unpaired) electrons. The zero-order chi connectivity index (χ0) is 31.4. The zero-order valence-electron chi connectivity index (χ0n) is 22.3. The Morgan fingerprint density at radius 1 is 0.977 bits per heavy atom. The van der Waals surface area contributed by atoms with Crippen molar-refractivity contribution in [3.05, 3.63) is 107 Å². The lowest BCUT2D eigenvalue weighted by Gasteiger charge is -2.27. The number of fused-ring (bicyclic) bond motifs is 4. The van der Waals surface area contributed by atoms with Gasteiger partial charge in [0.2, 0.25) is 16.3 Å². The quantitative estimate of drug-likeness (QED) is 0.154. The lowest BCUT2D eigenvalue weighted by molar-refractivity contribution is -0.124. The van der Waals surface area contributed by atoms with Gasteiger partial charge in [-0.3, -0.25) is 28.8 Å². The van der Waals surface area contributed by atoms with E-state index in [1.165, 1.54) is 12.3 Å². The number of carbonyl (C=O) groups excluding carboxylic acids is 1. The Morgan fingerprint density at radius 2 is 1.66 bits per heavy atom. The Hall–Kier alpha value is -5.15. The molecule has 4 aliphatic carbocycles. The number of ether oxygens (including phenoxy) is 1. The van der Waals surface area contributed by atoms with Crippen LogP contribution in [0, 0.1) is 10.4 Å². The van der Waals surface area contributed by atoms with Crippen LogP contribution >= 0.6 is 24.0 Å². The number of carbonyl (C=O) groups is 1. The fraction of sp³-hybridized carbons (Fsp3) is 0.172. The van der Waals surface area contributed by atoms with E-state index in [1.54, 1.807) is 6.07 Å². The van der Waals surface area contributed by atoms with Gasteiger partial charge in [-0.1, -0.05) is 30.0 Å². The van der Waals surface area contributed by atoms with Crippen LogP contribution in [0.2, 0.25) is 0 Å². The number of hydrogen-bond acceptors (Lipinski definition) is 13. The maximum atomic E-state index is 13.6. The van der Waals surface area contributed by atoms with Crippen LogP contribution in [-0.2, 0) is 16.6 Å². The van der Waals surface area contributed by atoms with Crippen LogP contribution in [0.25, 0.3) is 22.3 Å². The third-order valence-corrected chi connectivity index (χ3v) is 9.65. The fourth-order valence-electron chi connectivity index (χ4n) is 6.42. The smallest absolute Gasteiger partial charge is 0.260 e. The van der Waals surface area contributed by atoms with Crippen molar-refractivity contribution in [2.45, 2.75) is 18.3 Å². The minimum atomic E-state index is -2.00. The normalized spacial score (nSPS) is 19.3. The topological polar surface area (TPSA) is 204 Å². The summed E-state index contributed by atoms with van der Waals surface area (Å²) in [5.41, 5.74) is -6.58. The summed E-state index contributed by atoms with van der Waals surface area (Å²) in [7, 11) is 1.11. The van der Waals surface area contributed by atoms with Gasteiger partial charge in [0.1, 0.15) is 22.7 Å². The third-order valence-electron chi connectivity index (χ3n) is 8.32. The highest BCUT2D eigenvalue weighted by atomic mass is 32.2. The van der Waals surface area contributed by atoms with Crippen molar-refractivity contribution >= 4 is 62.7 Å². The number of phenolic OH excluding ortho intramolecular Hbond substituents is 1. The second-order valence-corrected chi connectivity index (χ2v) is 12.1. The molecule has 1 unspecified atom stereocenters. The molecule has 1 saturated heterocycles. The van der Waals surface area contributed by atoms with Crippen LogP contribution in [0.1, 0.15) is 23.2 Å². The number of aromatic hydroxyl groups is 1. The standard InChI is InChI=1S/C29H17N3O10S2/c1-42-13-6-12(33)16-17(21(13)35)23(37)19-18(22(16)36)25(39)29(26(19)40)3-2-9-4-10-5-11(7-30-32-14(34)8-44-28(32)43)31-27(41)15(10)24(38)20(9)29/h4-7,38-40H,2-3,8H2,1H3,(H,31,41)/b30-7+. The summed E-state index contributed by atoms with van der Waals surface area (Å²) < 4.78 is 5.14. The van der Waals surface area contributed by atoms with Crippen molar-refractivity contribution in [2.24, 2.45) is 5.10 Å². The van der Waals surface area contributed by atoms with Crippen LogP contribution < -0.4 is 42.4 Å². The van der Waals surface area contributed by atoms with Crippen molar-refractivity contribution in [2.75, 3.05) is 12.9 Å². The summed E-state index contributed by atoms with van der Waals surface area (Å²) >= 11 is 6.24. The van der Waals surface area contributed by atoms with Gasteiger partial charge in [-0.25, -0.2) is 0 Å². The number of hydrogen-bond donors (Lipinski definition) is 4. The highest BCUT2D eigenvalue weighted by molar-refractivity contribution is 8.23. The number of methoxy groups -OCH3 is 1. The van der Waals surface area contributed by atoms with Crippen molar-refractivity contribution in [3.63, 3.8) is 0 Å². The van der Waals surface area contributed by atoms with Gasteiger partial charge >= 0.3 is 0 Å². The number of rotatable bonds is 3. The van der Waals surface area contributed by atoms with Crippen molar-refractivity contribution < 1.29 is 24.9 Å². The molecule has 1 aromatic carbocycles. The van der Waals surface area contributed by atoms with Gasteiger partial charge in [0, 0.05) is 11.6 Å². The largest absolute Gasteiger partial charge is 0.510 e. The Morgan fingerprint density at radius 3 is 2.30 bits per heavy atom. The highest BCUT2D eigenvalue weighted by Gasteiger charge is 2.53. The van der Waals surface area contributed by atoms with Gasteiger partial charge in [0.05, 0.1) is 51.0 Å². The highest BCUT2D eigenvalue weighted by Crippen LogP contribution is 2.54. The Bertz CT molecular complexity index is 2570. The SMILES string of the molecule is COc1cc(=O)c2c(=O)c3c(c(=O)c=2c1=O)=C(O)C1(CCc2cc4cc(/C=N/N5C(=O)CSC5=S)[nH]c(=O)c4c(O)c21)C=3O. The molecule has 1 aromatic heterocycles. The van der Waals surface area contributed by atoms with E-state index >= 15 is 0 Å². The predicted octanol–water partition coefficient (Wildman–Crippen LogP) is -1.29. The molecule has 4 N–H and O–H groups in total. The number of hydrazone groups is 1. The average molecular weight is 632 g/mol. The molecule has 2 aromatic rings. The lowest BCUT2D eigenvalue weighted by Crippen LogP contribution is -2.51. The first-order valence-corrected chi connectivity index (χ1v) is 14.3. The van der Waals surface area contributed by atoms with Crippen LogP contribution in [0.15, 0.2) is 47.3 Å². The molecular formula is C29H17N3O10S2. The summed E-state index contributed by atoms with van der Waals surface area (Å²) in [5, 5.41) is 36.9. The monoisotopic (exact) mass is 631 g/mol. The maximum absolute atomic E-state index is 13.6. The summed E-state index contributed by atoms with van der Waals surface area (Å²) in [5.74, 6) is -2.83. The van der Waals surface area contributed by atoms with E-state index in [4.69, 9.17) is 17.0 Å². The van der Waals surface area contributed by atoms with E-state index < -0.39 is 76.6 Å². The van der Waals surface area contributed by atoms with Crippen molar-refractivity contribution in [1.29, 1.82) is 0 Å². The number of H-pyrrole nitrogens is 1. The van der Waals surface area contributed by atoms with Gasteiger partial charge in [-0.15, -0.1) is 0 Å². The number of benzene rings is 1. The Balaban J connectivity index is 1.49. The first kappa shape index (κ1) is 27.7. The van der Waals surface area contributed by atoms with E-state index in [9.17, 15) is 44.1 Å². The summed E-state index contributed by atoms with van der Waals surface area (Å²) in [6.45, 7) is 0. The molecule has 0 bridgehead atoms. The molecule has 1 aliphatic heterocycles. The molecule has 13 nitrogen and oxygen atoms in total. The molecule has 15 heteroatoms. The molecule has 0 saturated carbocycles. The molecule has 1 fully saturated rings.